The molecule has 0 unspecified atom stereocenters. The first kappa shape index (κ1) is 14.6. The van der Waals surface area contributed by atoms with E-state index in [1.54, 1.807) is 12.1 Å². The Morgan fingerprint density at radius 1 is 1.11 bits per heavy atom. The third-order valence-corrected chi connectivity index (χ3v) is 2.69. The van der Waals surface area contributed by atoms with Gasteiger partial charge in [-0.05, 0) is 17.7 Å². The molecular weight excluding hydrogens is 304 g/mol. The summed E-state index contributed by atoms with van der Waals surface area (Å²) in [5.41, 5.74) is 0.763. The van der Waals surface area contributed by atoms with Crippen molar-refractivity contribution in [2.75, 3.05) is 26.7 Å². The molecule has 18 heavy (non-hydrogen) atoms. The predicted octanol–water partition coefficient (Wildman–Crippen LogP) is 2.15. The van der Waals surface area contributed by atoms with Gasteiger partial charge in [-0.15, -0.1) is 0 Å². The number of rotatable bonds is 6. The molecule has 0 aliphatic heterocycles. The van der Waals surface area contributed by atoms with Crippen LogP contribution < -0.4 is 14.2 Å². The van der Waals surface area contributed by atoms with Crippen molar-refractivity contribution in [3.8, 4) is 17.2 Å². The fourth-order valence-electron chi connectivity index (χ4n) is 1.42. The molecule has 5 nitrogen and oxygen atoms in total. The highest BCUT2D eigenvalue weighted by molar-refractivity contribution is 9.09. The van der Waals surface area contributed by atoms with Gasteiger partial charge in [-0.25, -0.2) is 0 Å². The molecule has 0 amide bonds. The average Bonchev–Trinajstić information content (AvgIpc) is 2.43. The highest BCUT2D eigenvalue weighted by atomic mass is 79.9. The highest BCUT2D eigenvalue weighted by Gasteiger charge is 2.13. The van der Waals surface area contributed by atoms with Gasteiger partial charge in [0.15, 0.2) is 11.5 Å². The summed E-state index contributed by atoms with van der Waals surface area (Å²) in [5, 5.41) is 0.164. The van der Waals surface area contributed by atoms with Gasteiger partial charge in [0.25, 0.3) is 0 Å². The van der Waals surface area contributed by atoms with Gasteiger partial charge in [0.2, 0.25) is 5.75 Å². The fraction of sp³-hybridized carbons (Fsp3) is 0.417. The van der Waals surface area contributed by atoms with Crippen LogP contribution in [0.15, 0.2) is 12.1 Å². The van der Waals surface area contributed by atoms with Crippen molar-refractivity contribution in [2.24, 2.45) is 0 Å². The SMILES string of the molecule is COc1cc(COC(=O)CBr)cc(OC)c1OC. The van der Waals surface area contributed by atoms with Gasteiger partial charge in [-0.1, -0.05) is 15.9 Å². The maximum atomic E-state index is 11.1. The first-order valence-electron chi connectivity index (χ1n) is 5.16. The molecule has 0 aliphatic rings. The number of alkyl halides is 1. The molecule has 0 radical (unpaired) electrons. The first-order valence-corrected chi connectivity index (χ1v) is 6.28. The lowest BCUT2D eigenvalue weighted by Crippen LogP contribution is -2.06. The standard InChI is InChI=1S/C12H15BrO5/c1-15-9-4-8(7-18-11(14)6-13)5-10(16-2)12(9)17-3/h4-5H,6-7H2,1-3H3. The van der Waals surface area contributed by atoms with Crippen LogP contribution in [-0.2, 0) is 16.1 Å². The number of hydrogen-bond acceptors (Lipinski definition) is 5. The van der Waals surface area contributed by atoms with E-state index in [9.17, 15) is 4.79 Å². The van der Waals surface area contributed by atoms with Crippen LogP contribution in [0.2, 0.25) is 0 Å². The molecule has 0 bridgehead atoms. The fourth-order valence-corrected chi connectivity index (χ4v) is 1.58. The van der Waals surface area contributed by atoms with Gasteiger partial charge in [0, 0.05) is 0 Å². The molecule has 0 saturated heterocycles. The highest BCUT2D eigenvalue weighted by Crippen LogP contribution is 2.38. The number of esters is 1. The van der Waals surface area contributed by atoms with Gasteiger partial charge in [-0.3, -0.25) is 4.79 Å². The van der Waals surface area contributed by atoms with Crippen LogP contribution in [0.4, 0.5) is 0 Å². The summed E-state index contributed by atoms with van der Waals surface area (Å²) in [6, 6.07) is 3.48. The largest absolute Gasteiger partial charge is 0.493 e. The number of hydrogen-bond donors (Lipinski definition) is 0. The van der Waals surface area contributed by atoms with E-state index in [1.165, 1.54) is 21.3 Å². The Labute approximate surface area is 114 Å². The van der Waals surface area contributed by atoms with Gasteiger partial charge < -0.3 is 18.9 Å². The van der Waals surface area contributed by atoms with Gasteiger partial charge in [0.05, 0.1) is 21.3 Å². The molecule has 0 spiro atoms. The second kappa shape index (κ2) is 7.10. The minimum absolute atomic E-state index is 0.154. The normalized spacial score (nSPS) is 9.78. The van der Waals surface area contributed by atoms with Gasteiger partial charge >= 0.3 is 5.97 Å². The molecule has 0 fully saturated rings. The van der Waals surface area contributed by atoms with Crippen molar-refractivity contribution in [3.05, 3.63) is 17.7 Å². The molecule has 0 heterocycles. The summed E-state index contributed by atoms with van der Waals surface area (Å²) < 4.78 is 20.6. The van der Waals surface area contributed by atoms with Crippen LogP contribution in [0, 0.1) is 0 Å². The van der Waals surface area contributed by atoms with E-state index in [2.05, 4.69) is 15.9 Å². The van der Waals surface area contributed by atoms with Gasteiger partial charge in [0.1, 0.15) is 11.9 Å². The third kappa shape index (κ3) is 3.53. The summed E-state index contributed by atoms with van der Waals surface area (Å²) in [5.74, 6) is 1.24. The van der Waals surface area contributed by atoms with Crippen molar-refractivity contribution >= 4 is 21.9 Å². The van der Waals surface area contributed by atoms with Crippen LogP contribution in [0.5, 0.6) is 17.2 Å². The minimum atomic E-state index is -0.330. The lowest BCUT2D eigenvalue weighted by atomic mass is 10.2. The van der Waals surface area contributed by atoms with Crippen molar-refractivity contribution in [3.63, 3.8) is 0 Å². The number of ether oxygens (including phenoxy) is 4. The first-order chi connectivity index (χ1) is 8.65. The zero-order chi connectivity index (χ0) is 13.5. The second-order valence-electron chi connectivity index (χ2n) is 3.33. The van der Waals surface area contributed by atoms with E-state index >= 15 is 0 Å². The molecule has 0 aromatic heterocycles. The van der Waals surface area contributed by atoms with Gasteiger partial charge in [-0.2, -0.15) is 0 Å². The Morgan fingerprint density at radius 3 is 2.06 bits per heavy atom. The maximum absolute atomic E-state index is 11.1. The van der Waals surface area contributed by atoms with E-state index in [0.717, 1.165) is 5.56 Å². The molecule has 0 atom stereocenters. The Kier molecular flexibility index (Phi) is 5.77. The van der Waals surface area contributed by atoms with Crippen LogP contribution in [-0.4, -0.2) is 32.6 Å². The van der Waals surface area contributed by atoms with Crippen molar-refractivity contribution in [1.29, 1.82) is 0 Å². The monoisotopic (exact) mass is 318 g/mol. The van der Waals surface area contributed by atoms with Crippen LogP contribution >= 0.6 is 15.9 Å². The number of benzene rings is 1. The molecule has 0 aliphatic carbocycles. The number of carbonyl (C=O) groups excluding carboxylic acids is 1. The molecule has 0 N–H and O–H groups in total. The average molecular weight is 319 g/mol. The summed E-state index contributed by atoms with van der Waals surface area (Å²) in [7, 11) is 4.60. The predicted molar refractivity (Wildman–Crippen MR) is 69.7 cm³/mol. The maximum Gasteiger partial charge on any atom is 0.316 e. The molecule has 100 valence electrons. The topological polar surface area (TPSA) is 54.0 Å². The smallest absolute Gasteiger partial charge is 0.316 e. The lowest BCUT2D eigenvalue weighted by molar-refractivity contribution is -0.141. The van der Waals surface area contributed by atoms with Crippen LogP contribution in [0.25, 0.3) is 0 Å². The second-order valence-corrected chi connectivity index (χ2v) is 3.89. The zero-order valence-corrected chi connectivity index (χ0v) is 12.1. The number of halogens is 1. The van der Waals surface area contributed by atoms with E-state index in [1.807, 2.05) is 0 Å². The van der Waals surface area contributed by atoms with Crippen molar-refractivity contribution in [2.45, 2.75) is 6.61 Å². The van der Waals surface area contributed by atoms with Crippen LogP contribution in [0.1, 0.15) is 5.56 Å². The van der Waals surface area contributed by atoms with Crippen molar-refractivity contribution < 1.29 is 23.7 Å². The summed E-state index contributed by atoms with van der Waals surface area (Å²) in [6.07, 6.45) is 0. The molecule has 1 aromatic carbocycles. The van der Waals surface area contributed by atoms with E-state index < -0.39 is 0 Å². The Hall–Kier alpha value is -1.43. The molecule has 1 rings (SSSR count). The minimum Gasteiger partial charge on any atom is -0.493 e. The number of carbonyl (C=O) groups is 1. The molecule has 1 aromatic rings. The Bertz CT molecular complexity index is 394. The molecule has 0 saturated carbocycles. The summed E-state index contributed by atoms with van der Waals surface area (Å²) >= 11 is 3.02. The molecule has 6 heteroatoms. The quantitative estimate of drug-likeness (QED) is 0.594. The Morgan fingerprint density at radius 2 is 1.67 bits per heavy atom. The summed E-state index contributed by atoms with van der Waals surface area (Å²) in [6.45, 7) is 0.154. The van der Waals surface area contributed by atoms with Crippen LogP contribution in [0.3, 0.4) is 0 Å². The summed E-state index contributed by atoms with van der Waals surface area (Å²) in [4.78, 5) is 11.1. The third-order valence-electron chi connectivity index (χ3n) is 2.23. The van der Waals surface area contributed by atoms with E-state index in [0.29, 0.717) is 17.2 Å². The Balaban J connectivity index is 2.96. The zero-order valence-electron chi connectivity index (χ0n) is 10.5. The van der Waals surface area contributed by atoms with E-state index in [4.69, 9.17) is 18.9 Å². The van der Waals surface area contributed by atoms with E-state index in [-0.39, 0.29) is 17.9 Å². The molecular formula is C12H15BrO5. The lowest BCUT2D eigenvalue weighted by Gasteiger charge is -2.14. The number of methoxy groups -OCH3 is 3. The van der Waals surface area contributed by atoms with Crippen molar-refractivity contribution in [1.82, 2.24) is 0 Å².